The average molecular weight is 412 g/mol. The standard InChI is InChI=1S/C26H24N2O3/c1-4-31-22-11-6-5-10-21(22)27-24-23(19-14-12-17(2)13-15-19)25(29)28(26(24)30)20-9-7-8-18(3)16-20/h5-16,27H,4H2,1-3H3. The maximum absolute atomic E-state index is 13.5. The Kier molecular flexibility index (Phi) is 5.58. The summed E-state index contributed by atoms with van der Waals surface area (Å²) >= 11 is 0. The lowest BCUT2D eigenvalue weighted by Gasteiger charge is -2.16. The molecule has 3 aromatic carbocycles. The highest BCUT2D eigenvalue weighted by Gasteiger charge is 2.40. The summed E-state index contributed by atoms with van der Waals surface area (Å²) in [6.07, 6.45) is 0. The molecule has 1 N–H and O–H groups in total. The highest BCUT2D eigenvalue weighted by atomic mass is 16.5. The van der Waals surface area contributed by atoms with Gasteiger partial charge in [0.2, 0.25) is 0 Å². The molecule has 1 aliphatic rings. The lowest BCUT2D eigenvalue weighted by molar-refractivity contribution is -0.120. The van der Waals surface area contributed by atoms with Crippen molar-refractivity contribution in [1.82, 2.24) is 0 Å². The summed E-state index contributed by atoms with van der Waals surface area (Å²) in [4.78, 5) is 28.2. The molecule has 1 aliphatic heterocycles. The Hall–Kier alpha value is -3.86. The summed E-state index contributed by atoms with van der Waals surface area (Å²) in [7, 11) is 0. The van der Waals surface area contributed by atoms with Gasteiger partial charge >= 0.3 is 0 Å². The highest BCUT2D eigenvalue weighted by molar-refractivity contribution is 6.46. The van der Waals surface area contributed by atoms with Gasteiger partial charge in [-0.15, -0.1) is 0 Å². The van der Waals surface area contributed by atoms with Gasteiger partial charge in [0.15, 0.2) is 0 Å². The number of carbonyl (C=O) groups excluding carboxylic acids is 2. The third kappa shape index (κ3) is 3.94. The van der Waals surface area contributed by atoms with Gasteiger partial charge in [-0.2, -0.15) is 0 Å². The molecule has 2 amide bonds. The smallest absolute Gasteiger partial charge is 0.282 e. The molecule has 0 radical (unpaired) electrons. The number of rotatable bonds is 6. The van der Waals surface area contributed by atoms with E-state index in [1.807, 2.05) is 87.5 Å². The summed E-state index contributed by atoms with van der Waals surface area (Å²) in [6.45, 7) is 6.30. The molecule has 0 fully saturated rings. The molecule has 3 aromatic rings. The second-order valence-corrected chi connectivity index (χ2v) is 7.45. The molecule has 31 heavy (non-hydrogen) atoms. The second kappa shape index (κ2) is 8.48. The van der Waals surface area contributed by atoms with Crippen molar-refractivity contribution in [3.63, 3.8) is 0 Å². The van der Waals surface area contributed by atoms with E-state index in [-0.39, 0.29) is 11.6 Å². The van der Waals surface area contributed by atoms with Crippen molar-refractivity contribution >= 4 is 28.8 Å². The predicted octanol–water partition coefficient (Wildman–Crippen LogP) is 5.10. The van der Waals surface area contributed by atoms with Crippen molar-refractivity contribution in [2.24, 2.45) is 0 Å². The Morgan fingerprint density at radius 2 is 1.58 bits per heavy atom. The van der Waals surface area contributed by atoms with Crippen molar-refractivity contribution in [1.29, 1.82) is 0 Å². The van der Waals surface area contributed by atoms with E-state index in [1.165, 1.54) is 4.90 Å². The summed E-state index contributed by atoms with van der Waals surface area (Å²) in [5.41, 5.74) is 4.51. The van der Waals surface area contributed by atoms with E-state index in [1.54, 1.807) is 6.07 Å². The zero-order chi connectivity index (χ0) is 22.0. The number of imide groups is 1. The minimum absolute atomic E-state index is 0.238. The van der Waals surface area contributed by atoms with Crippen LogP contribution in [0.3, 0.4) is 0 Å². The number of nitrogens with one attached hydrogen (secondary N) is 1. The predicted molar refractivity (Wildman–Crippen MR) is 123 cm³/mol. The van der Waals surface area contributed by atoms with Crippen molar-refractivity contribution in [3.8, 4) is 5.75 Å². The fourth-order valence-corrected chi connectivity index (χ4v) is 3.62. The third-order valence-electron chi connectivity index (χ3n) is 5.13. The fraction of sp³-hybridized carbons (Fsp3) is 0.154. The monoisotopic (exact) mass is 412 g/mol. The number of aryl methyl sites for hydroxylation is 2. The fourth-order valence-electron chi connectivity index (χ4n) is 3.62. The molecule has 0 bridgehead atoms. The Morgan fingerprint density at radius 3 is 2.29 bits per heavy atom. The first-order chi connectivity index (χ1) is 15.0. The number of hydrogen-bond donors (Lipinski definition) is 1. The van der Waals surface area contributed by atoms with Crippen LogP contribution in [0.2, 0.25) is 0 Å². The van der Waals surface area contributed by atoms with Crippen LogP contribution in [0.4, 0.5) is 11.4 Å². The van der Waals surface area contributed by atoms with Gasteiger partial charge in [0, 0.05) is 0 Å². The lowest BCUT2D eigenvalue weighted by atomic mass is 10.0. The molecule has 4 rings (SSSR count). The van der Waals surface area contributed by atoms with Crippen LogP contribution in [-0.4, -0.2) is 18.4 Å². The van der Waals surface area contributed by atoms with E-state index in [0.29, 0.717) is 34.9 Å². The number of para-hydroxylation sites is 2. The molecule has 156 valence electrons. The Bertz CT molecular complexity index is 1180. The third-order valence-corrected chi connectivity index (χ3v) is 5.13. The van der Waals surface area contributed by atoms with Gasteiger partial charge in [-0.25, -0.2) is 4.90 Å². The van der Waals surface area contributed by atoms with Gasteiger partial charge < -0.3 is 10.1 Å². The van der Waals surface area contributed by atoms with Gasteiger partial charge in [-0.1, -0.05) is 54.1 Å². The number of nitrogens with zero attached hydrogens (tertiary/aromatic N) is 1. The van der Waals surface area contributed by atoms with Gasteiger partial charge in [-0.3, -0.25) is 9.59 Å². The molecule has 0 aliphatic carbocycles. The Balaban J connectivity index is 1.83. The number of benzene rings is 3. The van der Waals surface area contributed by atoms with Crippen LogP contribution in [0, 0.1) is 13.8 Å². The van der Waals surface area contributed by atoms with Gasteiger partial charge in [0.1, 0.15) is 11.4 Å². The molecule has 0 atom stereocenters. The van der Waals surface area contributed by atoms with Crippen LogP contribution >= 0.6 is 0 Å². The number of anilines is 2. The quantitative estimate of drug-likeness (QED) is 0.573. The summed E-state index contributed by atoms with van der Waals surface area (Å²) in [5, 5.41) is 3.19. The number of amides is 2. The second-order valence-electron chi connectivity index (χ2n) is 7.45. The Morgan fingerprint density at radius 1 is 0.839 bits per heavy atom. The first kappa shape index (κ1) is 20.4. The summed E-state index contributed by atoms with van der Waals surface area (Å²) in [5.74, 6) is -0.122. The average Bonchev–Trinajstić information content (AvgIpc) is 3.00. The SMILES string of the molecule is CCOc1ccccc1NC1=C(c2ccc(C)cc2)C(=O)N(c2cccc(C)c2)C1=O. The van der Waals surface area contributed by atoms with E-state index in [0.717, 1.165) is 11.1 Å². The van der Waals surface area contributed by atoms with Crippen LogP contribution in [0.1, 0.15) is 23.6 Å². The van der Waals surface area contributed by atoms with E-state index in [4.69, 9.17) is 4.74 Å². The normalized spacial score (nSPS) is 13.7. The van der Waals surface area contributed by atoms with Crippen LogP contribution in [0.15, 0.2) is 78.5 Å². The minimum atomic E-state index is -0.391. The largest absolute Gasteiger partial charge is 0.492 e. The van der Waals surface area contributed by atoms with Crippen LogP contribution in [0.25, 0.3) is 5.57 Å². The molecule has 5 heteroatoms. The topological polar surface area (TPSA) is 58.6 Å². The maximum atomic E-state index is 13.5. The van der Waals surface area contributed by atoms with E-state index in [9.17, 15) is 9.59 Å². The molecule has 0 spiro atoms. The molecule has 0 unspecified atom stereocenters. The molecular weight excluding hydrogens is 388 g/mol. The highest BCUT2D eigenvalue weighted by Crippen LogP contribution is 2.35. The zero-order valence-electron chi connectivity index (χ0n) is 17.8. The zero-order valence-corrected chi connectivity index (χ0v) is 17.8. The summed E-state index contributed by atoms with van der Waals surface area (Å²) < 4.78 is 5.70. The van der Waals surface area contributed by atoms with E-state index < -0.39 is 5.91 Å². The van der Waals surface area contributed by atoms with Crippen LogP contribution in [0.5, 0.6) is 5.75 Å². The molecule has 0 saturated heterocycles. The van der Waals surface area contributed by atoms with Gasteiger partial charge in [0.25, 0.3) is 11.8 Å². The van der Waals surface area contributed by atoms with Gasteiger partial charge in [0.05, 0.1) is 23.6 Å². The van der Waals surface area contributed by atoms with Crippen molar-refractivity contribution in [2.75, 3.05) is 16.8 Å². The lowest BCUT2D eigenvalue weighted by Crippen LogP contribution is -2.32. The first-order valence-electron chi connectivity index (χ1n) is 10.2. The van der Waals surface area contributed by atoms with Crippen molar-refractivity contribution in [2.45, 2.75) is 20.8 Å². The van der Waals surface area contributed by atoms with E-state index >= 15 is 0 Å². The summed E-state index contributed by atoms with van der Waals surface area (Å²) in [6, 6.07) is 22.4. The van der Waals surface area contributed by atoms with Crippen LogP contribution in [-0.2, 0) is 9.59 Å². The molecular formula is C26H24N2O3. The Labute approximate surface area is 182 Å². The number of ether oxygens (including phenoxy) is 1. The number of hydrogen-bond acceptors (Lipinski definition) is 4. The van der Waals surface area contributed by atoms with Crippen molar-refractivity contribution < 1.29 is 14.3 Å². The van der Waals surface area contributed by atoms with Gasteiger partial charge in [-0.05, 0) is 56.2 Å². The van der Waals surface area contributed by atoms with Crippen LogP contribution < -0.4 is 15.0 Å². The maximum Gasteiger partial charge on any atom is 0.282 e. The molecule has 1 heterocycles. The minimum Gasteiger partial charge on any atom is -0.492 e. The van der Waals surface area contributed by atoms with Crippen molar-refractivity contribution in [3.05, 3.63) is 95.2 Å². The molecule has 5 nitrogen and oxygen atoms in total. The number of carbonyl (C=O) groups is 2. The molecule has 0 saturated carbocycles. The molecule has 0 aromatic heterocycles. The van der Waals surface area contributed by atoms with E-state index in [2.05, 4.69) is 5.32 Å². The first-order valence-corrected chi connectivity index (χ1v) is 10.2.